The maximum atomic E-state index is 11.9. The van der Waals surface area contributed by atoms with Crippen molar-refractivity contribution in [1.29, 1.82) is 0 Å². The van der Waals surface area contributed by atoms with Crippen molar-refractivity contribution in [2.24, 2.45) is 0 Å². The predicted molar refractivity (Wildman–Crippen MR) is 67.4 cm³/mol. The van der Waals surface area contributed by atoms with Crippen molar-refractivity contribution in [2.45, 2.75) is 39.7 Å². The zero-order valence-electron chi connectivity index (χ0n) is 10.2. The summed E-state index contributed by atoms with van der Waals surface area (Å²) in [6.45, 7) is 6.03. The first kappa shape index (κ1) is 12.6. The number of nitrogens with one attached hydrogen (secondary N) is 1. The van der Waals surface area contributed by atoms with E-state index in [4.69, 9.17) is 5.73 Å². The van der Waals surface area contributed by atoms with Gasteiger partial charge in [-0.05, 0) is 44.0 Å². The topological polar surface area (TPSA) is 55.1 Å². The molecule has 1 unspecified atom stereocenters. The maximum absolute atomic E-state index is 11.9. The lowest BCUT2D eigenvalue weighted by atomic mass is 10.1. The van der Waals surface area contributed by atoms with Crippen LogP contribution in [0, 0.1) is 6.92 Å². The van der Waals surface area contributed by atoms with Gasteiger partial charge in [0.15, 0.2) is 0 Å². The van der Waals surface area contributed by atoms with Gasteiger partial charge in [-0.3, -0.25) is 4.79 Å². The van der Waals surface area contributed by atoms with E-state index in [1.54, 1.807) is 12.1 Å². The van der Waals surface area contributed by atoms with Crippen LogP contribution in [0.25, 0.3) is 0 Å². The van der Waals surface area contributed by atoms with E-state index in [1.807, 2.05) is 19.9 Å². The van der Waals surface area contributed by atoms with Gasteiger partial charge in [0.1, 0.15) is 0 Å². The number of amides is 1. The minimum absolute atomic E-state index is 0.0153. The summed E-state index contributed by atoms with van der Waals surface area (Å²) in [5.74, 6) is -0.0153. The highest BCUT2D eigenvalue weighted by Crippen LogP contribution is 2.12. The van der Waals surface area contributed by atoms with Crippen molar-refractivity contribution in [3.63, 3.8) is 0 Å². The Kier molecular flexibility index (Phi) is 4.35. The Morgan fingerprint density at radius 3 is 2.75 bits per heavy atom. The van der Waals surface area contributed by atoms with Gasteiger partial charge in [0.25, 0.3) is 5.91 Å². The van der Waals surface area contributed by atoms with Crippen LogP contribution in [-0.2, 0) is 0 Å². The predicted octanol–water partition coefficient (Wildman–Crippen LogP) is 2.50. The fraction of sp³-hybridized carbons (Fsp3) is 0.462. The Balaban J connectivity index is 2.73. The van der Waals surface area contributed by atoms with E-state index >= 15 is 0 Å². The molecule has 0 spiro atoms. The number of hydrogen-bond acceptors (Lipinski definition) is 2. The van der Waals surface area contributed by atoms with E-state index in [1.165, 1.54) is 0 Å². The molecule has 3 heteroatoms. The van der Waals surface area contributed by atoms with Crippen molar-refractivity contribution >= 4 is 11.6 Å². The third-order valence-electron chi connectivity index (χ3n) is 2.59. The van der Waals surface area contributed by atoms with Crippen molar-refractivity contribution in [2.75, 3.05) is 5.73 Å². The zero-order valence-corrected chi connectivity index (χ0v) is 10.2. The summed E-state index contributed by atoms with van der Waals surface area (Å²) in [6, 6.07) is 5.57. The summed E-state index contributed by atoms with van der Waals surface area (Å²) < 4.78 is 0. The normalized spacial score (nSPS) is 12.2. The molecular weight excluding hydrogens is 200 g/mol. The minimum Gasteiger partial charge on any atom is -0.399 e. The van der Waals surface area contributed by atoms with Gasteiger partial charge in [0.05, 0.1) is 0 Å². The number of rotatable bonds is 4. The molecule has 0 aromatic heterocycles. The lowest BCUT2D eigenvalue weighted by Crippen LogP contribution is -2.32. The first-order valence-electron chi connectivity index (χ1n) is 5.71. The number of nitrogens with two attached hydrogens (primary N) is 1. The molecule has 0 aliphatic heterocycles. The second-order valence-corrected chi connectivity index (χ2v) is 4.24. The molecule has 0 saturated carbocycles. The van der Waals surface area contributed by atoms with Gasteiger partial charge < -0.3 is 11.1 Å². The van der Waals surface area contributed by atoms with E-state index in [2.05, 4.69) is 12.2 Å². The average Bonchev–Trinajstić information content (AvgIpc) is 2.17. The van der Waals surface area contributed by atoms with Crippen LogP contribution in [0.3, 0.4) is 0 Å². The van der Waals surface area contributed by atoms with Gasteiger partial charge in [-0.25, -0.2) is 0 Å². The molecule has 0 heterocycles. The molecular formula is C13H20N2O. The Morgan fingerprint density at radius 2 is 2.19 bits per heavy atom. The third-order valence-corrected chi connectivity index (χ3v) is 2.59. The van der Waals surface area contributed by atoms with Gasteiger partial charge >= 0.3 is 0 Å². The monoisotopic (exact) mass is 220 g/mol. The molecule has 0 radical (unpaired) electrons. The molecule has 3 nitrogen and oxygen atoms in total. The van der Waals surface area contributed by atoms with Crippen LogP contribution in [0.2, 0.25) is 0 Å². The number of hydrogen-bond donors (Lipinski definition) is 2. The third kappa shape index (κ3) is 3.26. The number of carbonyl (C=O) groups is 1. The summed E-state index contributed by atoms with van der Waals surface area (Å²) in [6.07, 6.45) is 2.07. The van der Waals surface area contributed by atoms with E-state index < -0.39 is 0 Å². The Hall–Kier alpha value is -1.51. The Morgan fingerprint density at radius 1 is 1.50 bits per heavy atom. The molecule has 0 fully saturated rings. The second-order valence-electron chi connectivity index (χ2n) is 4.24. The molecule has 0 aliphatic carbocycles. The molecule has 0 saturated heterocycles. The zero-order chi connectivity index (χ0) is 12.1. The molecule has 0 aliphatic rings. The second kappa shape index (κ2) is 5.54. The standard InChI is InChI=1S/C13H20N2O/c1-4-5-10(3)15-13(16)12-7-6-11(14)8-9(12)2/h6-8,10H,4-5,14H2,1-3H3,(H,15,16). The molecule has 88 valence electrons. The van der Waals surface area contributed by atoms with E-state index in [0.717, 1.165) is 18.4 Å². The molecule has 1 amide bonds. The van der Waals surface area contributed by atoms with Gasteiger partial charge in [0.2, 0.25) is 0 Å². The number of carbonyl (C=O) groups excluding carboxylic acids is 1. The maximum Gasteiger partial charge on any atom is 0.251 e. The molecule has 3 N–H and O–H groups in total. The average molecular weight is 220 g/mol. The number of anilines is 1. The quantitative estimate of drug-likeness (QED) is 0.766. The summed E-state index contributed by atoms with van der Waals surface area (Å²) in [7, 11) is 0. The van der Waals surface area contributed by atoms with Crippen molar-refractivity contribution in [3.05, 3.63) is 29.3 Å². The van der Waals surface area contributed by atoms with Crippen LogP contribution in [0.5, 0.6) is 0 Å². The molecule has 1 aromatic carbocycles. The summed E-state index contributed by atoms with van der Waals surface area (Å²) in [5.41, 5.74) is 7.96. The molecule has 1 rings (SSSR count). The van der Waals surface area contributed by atoms with Gasteiger partial charge in [-0.15, -0.1) is 0 Å². The van der Waals surface area contributed by atoms with Gasteiger partial charge in [-0.1, -0.05) is 13.3 Å². The highest BCUT2D eigenvalue weighted by Gasteiger charge is 2.11. The van der Waals surface area contributed by atoms with E-state index in [9.17, 15) is 4.79 Å². The Labute approximate surface area is 97.0 Å². The summed E-state index contributed by atoms with van der Waals surface area (Å²) in [4.78, 5) is 11.9. The van der Waals surface area contributed by atoms with E-state index in [0.29, 0.717) is 11.3 Å². The first-order chi connectivity index (χ1) is 7.54. The van der Waals surface area contributed by atoms with Crippen LogP contribution in [-0.4, -0.2) is 11.9 Å². The minimum atomic E-state index is -0.0153. The SMILES string of the molecule is CCCC(C)NC(=O)c1ccc(N)cc1C. The molecule has 16 heavy (non-hydrogen) atoms. The highest BCUT2D eigenvalue weighted by atomic mass is 16.1. The first-order valence-corrected chi connectivity index (χ1v) is 5.71. The Bertz CT molecular complexity index is 374. The largest absolute Gasteiger partial charge is 0.399 e. The molecule has 1 atom stereocenters. The van der Waals surface area contributed by atoms with Crippen molar-refractivity contribution in [1.82, 2.24) is 5.32 Å². The number of aryl methyl sites for hydroxylation is 1. The van der Waals surface area contributed by atoms with Crippen molar-refractivity contribution < 1.29 is 4.79 Å². The van der Waals surface area contributed by atoms with Crippen LogP contribution in [0.15, 0.2) is 18.2 Å². The van der Waals surface area contributed by atoms with Gasteiger partial charge in [-0.2, -0.15) is 0 Å². The van der Waals surface area contributed by atoms with Gasteiger partial charge in [0, 0.05) is 17.3 Å². The fourth-order valence-corrected chi connectivity index (χ4v) is 1.75. The van der Waals surface area contributed by atoms with Crippen LogP contribution >= 0.6 is 0 Å². The van der Waals surface area contributed by atoms with Crippen LogP contribution < -0.4 is 11.1 Å². The van der Waals surface area contributed by atoms with Crippen molar-refractivity contribution in [3.8, 4) is 0 Å². The summed E-state index contributed by atoms with van der Waals surface area (Å²) >= 11 is 0. The fourth-order valence-electron chi connectivity index (χ4n) is 1.75. The summed E-state index contributed by atoms with van der Waals surface area (Å²) in [5, 5.41) is 2.98. The number of benzene rings is 1. The lowest BCUT2D eigenvalue weighted by molar-refractivity contribution is 0.0938. The number of nitrogen functional groups attached to an aromatic ring is 1. The molecule has 1 aromatic rings. The highest BCUT2D eigenvalue weighted by molar-refractivity contribution is 5.96. The molecule has 0 bridgehead atoms. The lowest BCUT2D eigenvalue weighted by Gasteiger charge is -2.14. The van der Waals surface area contributed by atoms with E-state index in [-0.39, 0.29) is 11.9 Å². The van der Waals surface area contributed by atoms with Crippen LogP contribution in [0.1, 0.15) is 42.6 Å². The van der Waals surface area contributed by atoms with Crippen LogP contribution in [0.4, 0.5) is 5.69 Å². The smallest absolute Gasteiger partial charge is 0.251 e.